The van der Waals surface area contributed by atoms with Gasteiger partial charge in [0.15, 0.2) is 0 Å². The van der Waals surface area contributed by atoms with Gasteiger partial charge in [0, 0.05) is 10.5 Å². The highest BCUT2D eigenvalue weighted by molar-refractivity contribution is 9.10. The number of benzene rings is 1. The van der Waals surface area contributed by atoms with Crippen molar-refractivity contribution >= 4 is 15.9 Å². The predicted octanol–water partition coefficient (Wildman–Crippen LogP) is 5.26. The Kier molecular flexibility index (Phi) is 7.05. The predicted molar refractivity (Wildman–Crippen MR) is 93.2 cm³/mol. The molecule has 0 heterocycles. The highest BCUT2D eigenvalue weighted by Crippen LogP contribution is 2.29. The maximum Gasteiger partial charge on any atom is 0.122 e. The molecule has 2 rings (SSSR count). The molecule has 1 aromatic carbocycles. The van der Waals surface area contributed by atoms with E-state index in [9.17, 15) is 0 Å². The fourth-order valence-corrected chi connectivity index (χ4v) is 2.84. The molecule has 0 spiro atoms. The molecule has 1 aliphatic rings. The summed E-state index contributed by atoms with van der Waals surface area (Å²) in [5.74, 6) is 1.54. The number of unbranched alkanes of at least 4 members (excludes halogenated alkanes) is 3. The van der Waals surface area contributed by atoms with Crippen molar-refractivity contribution in [1.29, 1.82) is 0 Å². The van der Waals surface area contributed by atoms with Crippen LogP contribution in [0.3, 0.4) is 0 Å². The second-order valence-corrected chi connectivity index (χ2v) is 7.24. The molecule has 1 aromatic rings. The summed E-state index contributed by atoms with van der Waals surface area (Å²) in [7, 11) is 0. The fourth-order valence-electron chi connectivity index (χ4n) is 2.46. The van der Waals surface area contributed by atoms with Gasteiger partial charge in [-0.15, -0.1) is 0 Å². The van der Waals surface area contributed by atoms with E-state index < -0.39 is 0 Å². The van der Waals surface area contributed by atoms with Crippen LogP contribution in [0, 0.1) is 0 Å². The van der Waals surface area contributed by atoms with Crippen molar-refractivity contribution < 1.29 is 4.74 Å². The zero-order valence-corrected chi connectivity index (χ0v) is 14.9. The van der Waals surface area contributed by atoms with Crippen LogP contribution in [-0.2, 0) is 0 Å². The van der Waals surface area contributed by atoms with Gasteiger partial charge in [0.2, 0.25) is 0 Å². The Morgan fingerprint density at radius 1 is 1.19 bits per heavy atom. The van der Waals surface area contributed by atoms with Crippen LogP contribution in [0.5, 0.6) is 5.75 Å². The summed E-state index contributed by atoms with van der Waals surface area (Å²) in [4.78, 5) is 0. The summed E-state index contributed by atoms with van der Waals surface area (Å²) in [6.45, 7) is 6.44. The van der Waals surface area contributed by atoms with E-state index >= 15 is 0 Å². The van der Waals surface area contributed by atoms with Crippen LogP contribution in [0.2, 0.25) is 0 Å². The van der Waals surface area contributed by atoms with Crippen LogP contribution < -0.4 is 10.1 Å². The standard InChI is InChI=1S/C18H28BrNO/c1-14(2)17-13-15(19)7-10-18(17)21-12-6-4-3-5-11-20-16-8-9-16/h7,10,13-14,16,20H,3-6,8-9,11-12H2,1-2H3. The van der Waals surface area contributed by atoms with Gasteiger partial charge < -0.3 is 10.1 Å². The Morgan fingerprint density at radius 2 is 1.95 bits per heavy atom. The van der Waals surface area contributed by atoms with Gasteiger partial charge >= 0.3 is 0 Å². The van der Waals surface area contributed by atoms with Gasteiger partial charge in [-0.05, 0) is 61.9 Å². The molecule has 3 heteroatoms. The Morgan fingerprint density at radius 3 is 2.67 bits per heavy atom. The lowest BCUT2D eigenvalue weighted by Gasteiger charge is -2.14. The molecule has 0 aromatic heterocycles. The Labute approximate surface area is 137 Å². The van der Waals surface area contributed by atoms with Crippen LogP contribution in [0.25, 0.3) is 0 Å². The van der Waals surface area contributed by atoms with E-state index in [1.54, 1.807) is 0 Å². The van der Waals surface area contributed by atoms with Crippen LogP contribution in [0.4, 0.5) is 0 Å². The van der Waals surface area contributed by atoms with Crippen molar-refractivity contribution in [3.8, 4) is 5.75 Å². The first-order chi connectivity index (χ1) is 10.2. The zero-order valence-electron chi connectivity index (χ0n) is 13.3. The van der Waals surface area contributed by atoms with Gasteiger partial charge in [-0.3, -0.25) is 0 Å². The summed E-state index contributed by atoms with van der Waals surface area (Å²) in [5.41, 5.74) is 1.29. The SMILES string of the molecule is CC(C)c1cc(Br)ccc1OCCCCCCNC1CC1. The normalized spacial score (nSPS) is 14.7. The van der Waals surface area contributed by atoms with Crippen LogP contribution >= 0.6 is 15.9 Å². The van der Waals surface area contributed by atoms with Crippen molar-refractivity contribution in [3.05, 3.63) is 28.2 Å². The minimum atomic E-state index is 0.492. The highest BCUT2D eigenvalue weighted by Gasteiger charge is 2.19. The van der Waals surface area contributed by atoms with E-state index in [2.05, 4.69) is 53.3 Å². The van der Waals surface area contributed by atoms with Gasteiger partial charge in [0.1, 0.15) is 5.75 Å². The first-order valence-corrected chi connectivity index (χ1v) is 9.11. The first kappa shape index (κ1) is 16.8. The van der Waals surface area contributed by atoms with Crippen molar-refractivity contribution in [1.82, 2.24) is 5.32 Å². The monoisotopic (exact) mass is 353 g/mol. The lowest BCUT2D eigenvalue weighted by atomic mass is 10.0. The van der Waals surface area contributed by atoms with Crippen molar-refractivity contribution in [2.24, 2.45) is 0 Å². The molecule has 118 valence electrons. The van der Waals surface area contributed by atoms with Crippen molar-refractivity contribution in [2.75, 3.05) is 13.2 Å². The van der Waals surface area contributed by atoms with Gasteiger partial charge in [-0.2, -0.15) is 0 Å². The molecule has 21 heavy (non-hydrogen) atoms. The van der Waals surface area contributed by atoms with Crippen molar-refractivity contribution in [3.63, 3.8) is 0 Å². The first-order valence-electron chi connectivity index (χ1n) is 8.32. The molecule has 1 saturated carbocycles. The molecule has 0 aliphatic heterocycles. The minimum absolute atomic E-state index is 0.492. The Hall–Kier alpha value is -0.540. The highest BCUT2D eigenvalue weighted by atomic mass is 79.9. The lowest BCUT2D eigenvalue weighted by molar-refractivity contribution is 0.300. The summed E-state index contributed by atoms with van der Waals surface area (Å²) in [6.07, 6.45) is 7.79. The number of ether oxygens (including phenoxy) is 1. The molecule has 0 radical (unpaired) electrons. The van der Waals surface area contributed by atoms with E-state index in [-0.39, 0.29) is 0 Å². The Bertz CT molecular complexity index is 429. The van der Waals surface area contributed by atoms with Crippen LogP contribution in [-0.4, -0.2) is 19.2 Å². The van der Waals surface area contributed by atoms with Gasteiger partial charge in [0.25, 0.3) is 0 Å². The topological polar surface area (TPSA) is 21.3 Å². The van der Waals surface area contributed by atoms with E-state index in [1.165, 1.54) is 44.2 Å². The van der Waals surface area contributed by atoms with E-state index in [0.717, 1.165) is 29.3 Å². The molecule has 1 aliphatic carbocycles. The molecular weight excluding hydrogens is 326 g/mol. The third kappa shape index (κ3) is 6.39. The second-order valence-electron chi connectivity index (χ2n) is 6.33. The average molecular weight is 354 g/mol. The number of halogens is 1. The Balaban J connectivity index is 1.59. The maximum absolute atomic E-state index is 5.97. The summed E-state index contributed by atoms with van der Waals surface area (Å²) in [5, 5.41) is 3.56. The number of nitrogens with one attached hydrogen (secondary N) is 1. The molecule has 0 amide bonds. The molecule has 0 atom stereocenters. The summed E-state index contributed by atoms with van der Waals surface area (Å²) < 4.78 is 7.10. The molecule has 0 saturated heterocycles. The average Bonchev–Trinajstić information content (AvgIpc) is 3.27. The molecule has 2 nitrogen and oxygen atoms in total. The molecule has 1 N–H and O–H groups in total. The van der Waals surface area contributed by atoms with Gasteiger partial charge in [0.05, 0.1) is 6.61 Å². The number of rotatable bonds is 10. The van der Waals surface area contributed by atoms with Crippen LogP contribution in [0.1, 0.15) is 63.9 Å². The smallest absolute Gasteiger partial charge is 0.122 e. The molecule has 0 unspecified atom stereocenters. The molecular formula is C18H28BrNO. The maximum atomic E-state index is 5.97. The molecule has 0 bridgehead atoms. The quantitative estimate of drug-likeness (QED) is 0.579. The van der Waals surface area contributed by atoms with E-state index in [4.69, 9.17) is 4.74 Å². The van der Waals surface area contributed by atoms with Crippen molar-refractivity contribution in [2.45, 2.75) is 64.3 Å². The largest absolute Gasteiger partial charge is 0.493 e. The molecule has 1 fully saturated rings. The van der Waals surface area contributed by atoms with Crippen LogP contribution in [0.15, 0.2) is 22.7 Å². The summed E-state index contributed by atoms with van der Waals surface area (Å²) >= 11 is 3.53. The van der Waals surface area contributed by atoms with E-state index in [0.29, 0.717) is 5.92 Å². The van der Waals surface area contributed by atoms with Gasteiger partial charge in [-0.25, -0.2) is 0 Å². The fraction of sp³-hybridized carbons (Fsp3) is 0.667. The third-order valence-corrected chi connectivity index (χ3v) is 4.43. The second kappa shape index (κ2) is 8.79. The summed E-state index contributed by atoms with van der Waals surface area (Å²) in [6, 6.07) is 7.16. The third-order valence-electron chi connectivity index (χ3n) is 3.93. The van der Waals surface area contributed by atoms with E-state index in [1.807, 2.05) is 0 Å². The number of hydrogen-bond donors (Lipinski definition) is 1. The number of hydrogen-bond acceptors (Lipinski definition) is 2. The minimum Gasteiger partial charge on any atom is -0.493 e. The lowest BCUT2D eigenvalue weighted by Crippen LogP contribution is -2.17. The van der Waals surface area contributed by atoms with Gasteiger partial charge in [-0.1, -0.05) is 42.6 Å². The zero-order chi connectivity index (χ0) is 15.1.